The Balaban J connectivity index is 1.48. The van der Waals surface area contributed by atoms with E-state index in [9.17, 15) is 4.79 Å². The number of thioether (sulfide) groups is 1. The van der Waals surface area contributed by atoms with E-state index >= 15 is 0 Å². The normalized spacial score (nSPS) is 11.1. The van der Waals surface area contributed by atoms with Crippen LogP contribution in [-0.4, -0.2) is 33.5 Å². The molecule has 0 aliphatic rings. The number of anilines is 1. The molecule has 7 nitrogen and oxygen atoms in total. The van der Waals surface area contributed by atoms with Crippen molar-refractivity contribution in [2.45, 2.75) is 5.16 Å². The van der Waals surface area contributed by atoms with E-state index < -0.39 is 0 Å². The molecule has 10 heteroatoms. The number of amides is 1. The SMILES string of the molecule is COc1cccc2cc(-c3nnc(SCC(=O)Nc4ccc(Cl)cc4Cl)n3C)oc12. The van der Waals surface area contributed by atoms with Gasteiger partial charge < -0.3 is 19.0 Å². The predicted octanol–water partition coefficient (Wildman–Crippen LogP) is 5.27. The minimum Gasteiger partial charge on any atom is -0.493 e. The van der Waals surface area contributed by atoms with Crippen LogP contribution in [0.2, 0.25) is 10.0 Å². The highest BCUT2D eigenvalue weighted by Crippen LogP contribution is 2.33. The zero-order valence-electron chi connectivity index (χ0n) is 16.0. The van der Waals surface area contributed by atoms with Gasteiger partial charge in [-0.3, -0.25) is 4.79 Å². The lowest BCUT2D eigenvalue weighted by atomic mass is 10.2. The van der Waals surface area contributed by atoms with Crippen LogP contribution in [0.15, 0.2) is 52.0 Å². The Labute approximate surface area is 186 Å². The smallest absolute Gasteiger partial charge is 0.234 e. The lowest BCUT2D eigenvalue weighted by Gasteiger charge is -2.07. The summed E-state index contributed by atoms with van der Waals surface area (Å²) in [7, 11) is 3.41. The van der Waals surface area contributed by atoms with Crippen LogP contribution in [0.1, 0.15) is 0 Å². The first-order valence-corrected chi connectivity index (χ1v) is 10.5. The van der Waals surface area contributed by atoms with Crippen molar-refractivity contribution < 1.29 is 13.9 Å². The maximum absolute atomic E-state index is 12.3. The van der Waals surface area contributed by atoms with Crippen molar-refractivity contribution in [1.29, 1.82) is 0 Å². The van der Waals surface area contributed by atoms with Gasteiger partial charge >= 0.3 is 0 Å². The Morgan fingerprint density at radius 2 is 2.07 bits per heavy atom. The third-order valence-electron chi connectivity index (χ3n) is 4.32. The molecule has 0 radical (unpaired) electrons. The Kier molecular flexibility index (Phi) is 5.90. The summed E-state index contributed by atoms with van der Waals surface area (Å²) < 4.78 is 13.0. The highest BCUT2D eigenvalue weighted by atomic mass is 35.5. The van der Waals surface area contributed by atoms with E-state index in [2.05, 4.69) is 15.5 Å². The van der Waals surface area contributed by atoms with Crippen LogP contribution in [0.3, 0.4) is 0 Å². The lowest BCUT2D eigenvalue weighted by Crippen LogP contribution is -2.14. The van der Waals surface area contributed by atoms with Crippen molar-refractivity contribution >= 4 is 57.5 Å². The summed E-state index contributed by atoms with van der Waals surface area (Å²) in [5.41, 5.74) is 1.15. The zero-order valence-corrected chi connectivity index (χ0v) is 18.3. The highest BCUT2D eigenvalue weighted by Gasteiger charge is 2.18. The second-order valence-corrected chi connectivity index (χ2v) is 8.10. The van der Waals surface area contributed by atoms with E-state index in [4.69, 9.17) is 32.4 Å². The number of benzene rings is 2. The molecule has 0 bridgehead atoms. The minimum atomic E-state index is -0.220. The van der Waals surface area contributed by atoms with Crippen LogP contribution in [0.25, 0.3) is 22.6 Å². The van der Waals surface area contributed by atoms with Crippen molar-refractivity contribution in [3.63, 3.8) is 0 Å². The average Bonchev–Trinajstić information content (AvgIpc) is 3.31. The van der Waals surface area contributed by atoms with Crippen LogP contribution in [0.4, 0.5) is 5.69 Å². The fraction of sp³-hybridized carbons (Fsp3) is 0.150. The number of nitrogens with zero attached hydrogens (tertiary/aromatic N) is 3. The summed E-state index contributed by atoms with van der Waals surface area (Å²) in [4.78, 5) is 12.3. The minimum absolute atomic E-state index is 0.138. The summed E-state index contributed by atoms with van der Waals surface area (Å²) in [5, 5.41) is 13.5. The molecule has 0 saturated heterocycles. The third-order valence-corrected chi connectivity index (χ3v) is 5.89. The summed E-state index contributed by atoms with van der Waals surface area (Å²) in [6.07, 6.45) is 0. The van der Waals surface area contributed by atoms with Gasteiger partial charge in [-0.1, -0.05) is 47.1 Å². The van der Waals surface area contributed by atoms with Gasteiger partial charge in [-0.15, -0.1) is 10.2 Å². The highest BCUT2D eigenvalue weighted by molar-refractivity contribution is 7.99. The quantitative estimate of drug-likeness (QED) is 0.392. The van der Waals surface area contributed by atoms with Gasteiger partial charge in [0.15, 0.2) is 28.1 Å². The summed E-state index contributed by atoms with van der Waals surface area (Å²) >= 11 is 13.2. The largest absolute Gasteiger partial charge is 0.493 e. The van der Waals surface area contributed by atoms with Gasteiger partial charge in [-0.05, 0) is 30.3 Å². The fourth-order valence-corrected chi connectivity index (χ4v) is 4.04. The maximum atomic E-state index is 12.3. The molecule has 4 aromatic rings. The van der Waals surface area contributed by atoms with Gasteiger partial charge in [0.05, 0.1) is 23.6 Å². The molecule has 0 aliphatic carbocycles. The number of hydrogen-bond donors (Lipinski definition) is 1. The maximum Gasteiger partial charge on any atom is 0.234 e. The van der Waals surface area contributed by atoms with Crippen LogP contribution < -0.4 is 10.1 Å². The van der Waals surface area contributed by atoms with Crippen molar-refractivity contribution in [3.05, 3.63) is 52.5 Å². The predicted molar refractivity (Wildman–Crippen MR) is 119 cm³/mol. The lowest BCUT2D eigenvalue weighted by molar-refractivity contribution is -0.113. The molecule has 2 aromatic heterocycles. The number of fused-ring (bicyclic) bond motifs is 1. The second-order valence-electron chi connectivity index (χ2n) is 6.32. The fourth-order valence-electron chi connectivity index (χ4n) is 2.87. The molecule has 30 heavy (non-hydrogen) atoms. The number of methoxy groups -OCH3 is 1. The van der Waals surface area contributed by atoms with Gasteiger partial charge in [0.1, 0.15) is 0 Å². The van der Waals surface area contributed by atoms with Crippen molar-refractivity contribution in [2.75, 3.05) is 18.2 Å². The Morgan fingerprint density at radius 1 is 1.23 bits per heavy atom. The standard InChI is InChI=1S/C20H16Cl2N4O3S/c1-26-19(16-8-11-4-3-5-15(28-2)18(11)29-16)24-25-20(26)30-10-17(27)23-14-7-6-12(21)9-13(14)22/h3-9H,10H2,1-2H3,(H,23,27). The number of carbonyl (C=O) groups excluding carboxylic acids is 1. The molecule has 2 aromatic carbocycles. The average molecular weight is 463 g/mol. The Hall–Kier alpha value is -2.68. The van der Waals surface area contributed by atoms with Gasteiger partial charge in [0, 0.05) is 17.5 Å². The second kappa shape index (κ2) is 8.59. The number of hydrogen-bond acceptors (Lipinski definition) is 6. The number of para-hydroxylation sites is 1. The third kappa shape index (κ3) is 4.12. The Morgan fingerprint density at radius 3 is 2.83 bits per heavy atom. The van der Waals surface area contributed by atoms with Crippen molar-refractivity contribution in [1.82, 2.24) is 14.8 Å². The number of rotatable bonds is 6. The van der Waals surface area contributed by atoms with Crippen LogP contribution >= 0.6 is 35.0 Å². The first kappa shape index (κ1) is 20.6. The van der Waals surface area contributed by atoms with Gasteiger partial charge in [-0.25, -0.2) is 0 Å². The van der Waals surface area contributed by atoms with E-state index in [0.717, 1.165) is 5.39 Å². The molecule has 1 N–H and O–H groups in total. The molecular weight excluding hydrogens is 447 g/mol. The number of nitrogens with one attached hydrogen (secondary N) is 1. The number of ether oxygens (including phenoxy) is 1. The molecule has 0 unspecified atom stereocenters. The van der Waals surface area contributed by atoms with E-state index in [0.29, 0.717) is 43.8 Å². The van der Waals surface area contributed by atoms with E-state index in [1.807, 2.05) is 31.3 Å². The zero-order chi connectivity index (χ0) is 21.3. The molecule has 154 valence electrons. The molecular formula is C20H16Cl2N4O3S. The summed E-state index contributed by atoms with van der Waals surface area (Å²) in [5.74, 6) is 1.68. The number of halogens is 2. The van der Waals surface area contributed by atoms with Gasteiger partial charge in [-0.2, -0.15) is 0 Å². The van der Waals surface area contributed by atoms with Crippen LogP contribution in [-0.2, 0) is 11.8 Å². The van der Waals surface area contributed by atoms with Gasteiger partial charge in [0.2, 0.25) is 5.91 Å². The summed E-state index contributed by atoms with van der Waals surface area (Å²) in [6, 6.07) is 12.4. The first-order chi connectivity index (χ1) is 14.5. The monoisotopic (exact) mass is 462 g/mol. The Bertz CT molecular complexity index is 1240. The number of aromatic nitrogens is 3. The molecule has 0 fully saturated rings. The van der Waals surface area contributed by atoms with E-state index in [1.165, 1.54) is 11.8 Å². The summed E-state index contributed by atoms with van der Waals surface area (Å²) in [6.45, 7) is 0. The van der Waals surface area contributed by atoms with E-state index in [1.54, 1.807) is 29.9 Å². The van der Waals surface area contributed by atoms with Crippen molar-refractivity contribution in [3.8, 4) is 17.3 Å². The molecule has 0 aliphatic heterocycles. The van der Waals surface area contributed by atoms with E-state index in [-0.39, 0.29) is 11.7 Å². The van der Waals surface area contributed by atoms with Gasteiger partial charge in [0.25, 0.3) is 0 Å². The topological polar surface area (TPSA) is 82.2 Å². The molecule has 0 saturated carbocycles. The first-order valence-electron chi connectivity index (χ1n) is 8.80. The number of furan rings is 1. The van der Waals surface area contributed by atoms with Crippen molar-refractivity contribution in [2.24, 2.45) is 7.05 Å². The molecule has 1 amide bonds. The molecule has 0 spiro atoms. The molecule has 0 atom stereocenters. The van der Waals surface area contributed by atoms with Crippen LogP contribution in [0, 0.1) is 0 Å². The molecule has 4 rings (SSSR count). The molecule has 2 heterocycles. The van der Waals surface area contributed by atoms with Crippen LogP contribution in [0.5, 0.6) is 5.75 Å². The number of carbonyl (C=O) groups is 1.